The maximum Gasteiger partial charge on any atom is 0.134 e. The second kappa shape index (κ2) is 5.92. The molecule has 0 fully saturated rings. The third kappa shape index (κ3) is 3.10. The molecule has 0 aromatic heterocycles. The Morgan fingerprint density at radius 3 is 2.43 bits per heavy atom. The standard InChI is InChI=1S/C8H10Br2N2O.ClH/c9-4-1-5(7(12)3-11)8(13)6(10)2-4;/h1-2,7,13H,3,11-12H2;1H/t7-;/m1./s1. The first-order valence-electron chi connectivity index (χ1n) is 3.69. The van der Waals surface area contributed by atoms with E-state index in [1.807, 2.05) is 0 Å². The van der Waals surface area contributed by atoms with Gasteiger partial charge in [-0.05, 0) is 28.1 Å². The van der Waals surface area contributed by atoms with E-state index >= 15 is 0 Å². The smallest absolute Gasteiger partial charge is 0.134 e. The van der Waals surface area contributed by atoms with E-state index in [1.54, 1.807) is 12.1 Å². The molecule has 80 valence electrons. The molecule has 3 nitrogen and oxygen atoms in total. The van der Waals surface area contributed by atoms with Crippen LogP contribution in [0.15, 0.2) is 21.1 Å². The van der Waals surface area contributed by atoms with Gasteiger partial charge in [0.25, 0.3) is 0 Å². The molecule has 1 rings (SSSR count). The van der Waals surface area contributed by atoms with Gasteiger partial charge in [-0.25, -0.2) is 0 Å². The maximum atomic E-state index is 9.62. The predicted octanol–water partition coefficient (Wildman–Crippen LogP) is 2.30. The van der Waals surface area contributed by atoms with Gasteiger partial charge in [0.15, 0.2) is 0 Å². The Kier molecular flexibility index (Phi) is 6.00. The molecule has 0 saturated carbocycles. The lowest BCUT2D eigenvalue weighted by atomic mass is 10.1. The average molecular weight is 346 g/mol. The first-order valence-corrected chi connectivity index (χ1v) is 5.28. The summed E-state index contributed by atoms with van der Waals surface area (Å²) in [6.45, 7) is 0.302. The first-order chi connectivity index (χ1) is 6.06. The van der Waals surface area contributed by atoms with Crippen LogP contribution in [-0.4, -0.2) is 11.7 Å². The summed E-state index contributed by atoms with van der Waals surface area (Å²) in [7, 11) is 0. The molecule has 14 heavy (non-hydrogen) atoms. The van der Waals surface area contributed by atoms with Gasteiger partial charge in [0, 0.05) is 22.6 Å². The second-order valence-electron chi connectivity index (χ2n) is 2.67. The fraction of sp³-hybridized carbons (Fsp3) is 0.250. The highest BCUT2D eigenvalue weighted by atomic mass is 79.9. The van der Waals surface area contributed by atoms with Crippen LogP contribution < -0.4 is 11.5 Å². The zero-order chi connectivity index (χ0) is 10.0. The maximum absolute atomic E-state index is 9.62. The summed E-state index contributed by atoms with van der Waals surface area (Å²) in [5.74, 6) is 0.154. The van der Waals surface area contributed by atoms with Crippen LogP contribution in [0, 0.1) is 0 Å². The lowest BCUT2D eigenvalue weighted by Crippen LogP contribution is -2.20. The number of nitrogens with two attached hydrogens (primary N) is 2. The molecule has 1 atom stereocenters. The fourth-order valence-electron chi connectivity index (χ4n) is 0.996. The van der Waals surface area contributed by atoms with E-state index in [1.165, 1.54) is 0 Å². The summed E-state index contributed by atoms with van der Waals surface area (Å²) in [6.07, 6.45) is 0. The summed E-state index contributed by atoms with van der Waals surface area (Å²) < 4.78 is 1.47. The molecule has 0 aliphatic carbocycles. The van der Waals surface area contributed by atoms with Crippen molar-refractivity contribution in [3.8, 4) is 5.75 Å². The Bertz CT molecular complexity index is 322. The van der Waals surface area contributed by atoms with Crippen LogP contribution in [-0.2, 0) is 0 Å². The van der Waals surface area contributed by atoms with Crippen molar-refractivity contribution in [3.63, 3.8) is 0 Å². The van der Waals surface area contributed by atoms with Gasteiger partial charge in [-0.2, -0.15) is 0 Å². The lowest BCUT2D eigenvalue weighted by Gasteiger charge is -2.12. The summed E-state index contributed by atoms with van der Waals surface area (Å²) in [4.78, 5) is 0. The number of hydrogen-bond acceptors (Lipinski definition) is 3. The molecule has 1 aromatic carbocycles. The highest BCUT2D eigenvalue weighted by Crippen LogP contribution is 2.34. The van der Waals surface area contributed by atoms with Crippen molar-refractivity contribution in [1.29, 1.82) is 0 Å². The molecule has 0 aliphatic rings. The molecule has 1 aromatic rings. The quantitative estimate of drug-likeness (QED) is 0.769. The van der Waals surface area contributed by atoms with Gasteiger partial charge in [0.2, 0.25) is 0 Å². The molecule has 5 N–H and O–H groups in total. The number of phenols is 1. The van der Waals surface area contributed by atoms with Crippen molar-refractivity contribution in [2.24, 2.45) is 11.5 Å². The van der Waals surface area contributed by atoms with Gasteiger partial charge in [-0.3, -0.25) is 0 Å². The van der Waals surface area contributed by atoms with Crippen molar-refractivity contribution in [3.05, 3.63) is 26.6 Å². The van der Waals surface area contributed by atoms with E-state index in [9.17, 15) is 5.11 Å². The van der Waals surface area contributed by atoms with Gasteiger partial charge in [-0.1, -0.05) is 15.9 Å². The molecular formula is C8H11Br2ClN2O. The van der Waals surface area contributed by atoms with Crippen molar-refractivity contribution in [1.82, 2.24) is 0 Å². The first kappa shape index (κ1) is 14.2. The normalized spacial score (nSPS) is 12.0. The van der Waals surface area contributed by atoms with Gasteiger partial charge >= 0.3 is 0 Å². The third-order valence-electron chi connectivity index (χ3n) is 1.71. The summed E-state index contributed by atoms with van der Waals surface area (Å²) in [5, 5.41) is 9.62. The minimum absolute atomic E-state index is 0. The molecule has 6 heteroatoms. The predicted molar refractivity (Wildman–Crippen MR) is 66.7 cm³/mol. The Hall–Kier alpha value is 0.190. The third-order valence-corrected chi connectivity index (χ3v) is 2.77. The molecular weight excluding hydrogens is 335 g/mol. The van der Waals surface area contributed by atoms with Crippen molar-refractivity contribution in [2.45, 2.75) is 6.04 Å². The minimum atomic E-state index is -0.339. The van der Waals surface area contributed by atoms with E-state index in [2.05, 4.69) is 31.9 Å². The van der Waals surface area contributed by atoms with Crippen LogP contribution in [0.3, 0.4) is 0 Å². The van der Waals surface area contributed by atoms with Gasteiger partial charge in [-0.15, -0.1) is 12.4 Å². The van der Waals surface area contributed by atoms with Crippen molar-refractivity contribution in [2.75, 3.05) is 6.54 Å². The van der Waals surface area contributed by atoms with Crippen molar-refractivity contribution >= 4 is 44.3 Å². The largest absolute Gasteiger partial charge is 0.506 e. The van der Waals surface area contributed by atoms with Crippen LogP contribution in [0.2, 0.25) is 0 Å². The summed E-state index contributed by atoms with van der Waals surface area (Å²) in [5.41, 5.74) is 11.8. The number of aromatic hydroxyl groups is 1. The second-order valence-corrected chi connectivity index (χ2v) is 4.44. The summed E-state index contributed by atoms with van der Waals surface area (Å²) in [6, 6.07) is 3.17. The highest BCUT2D eigenvalue weighted by Gasteiger charge is 2.12. The zero-order valence-corrected chi connectivity index (χ0v) is 11.2. The van der Waals surface area contributed by atoms with E-state index in [-0.39, 0.29) is 24.2 Å². The Morgan fingerprint density at radius 2 is 1.93 bits per heavy atom. The van der Waals surface area contributed by atoms with Gasteiger partial charge < -0.3 is 16.6 Å². The topological polar surface area (TPSA) is 72.3 Å². The monoisotopic (exact) mass is 344 g/mol. The minimum Gasteiger partial charge on any atom is -0.506 e. The Balaban J connectivity index is 0.00000169. The van der Waals surface area contributed by atoms with E-state index in [0.29, 0.717) is 16.6 Å². The molecule has 0 radical (unpaired) electrons. The number of hydrogen-bond donors (Lipinski definition) is 3. The molecule has 0 bridgehead atoms. The van der Waals surface area contributed by atoms with E-state index < -0.39 is 0 Å². The van der Waals surface area contributed by atoms with Gasteiger partial charge in [0.05, 0.1) is 4.47 Å². The Labute approximate surface area is 106 Å². The molecule has 0 aliphatic heterocycles. The molecule has 0 heterocycles. The van der Waals surface area contributed by atoms with Crippen LogP contribution in [0.4, 0.5) is 0 Å². The Morgan fingerprint density at radius 1 is 1.36 bits per heavy atom. The molecule has 0 unspecified atom stereocenters. The summed E-state index contributed by atoms with van der Waals surface area (Å²) >= 11 is 6.53. The molecule has 0 spiro atoms. The number of rotatable bonds is 2. The van der Waals surface area contributed by atoms with E-state index in [0.717, 1.165) is 4.47 Å². The zero-order valence-electron chi connectivity index (χ0n) is 7.21. The number of halogens is 3. The van der Waals surface area contributed by atoms with Crippen LogP contribution in [0.5, 0.6) is 5.75 Å². The SMILES string of the molecule is Cl.NC[C@@H](N)c1cc(Br)cc(Br)c1O. The molecule has 0 saturated heterocycles. The average Bonchev–Trinajstić information content (AvgIpc) is 2.10. The number of phenolic OH excluding ortho intramolecular Hbond substituents is 1. The van der Waals surface area contributed by atoms with Crippen LogP contribution >= 0.6 is 44.3 Å². The highest BCUT2D eigenvalue weighted by molar-refractivity contribution is 9.11. The lowest BCUT2D eigenvalue weighted by molar-refractivity contribution is 0.458. The van der Waals surface area contributed by atoms with Crippen molar-refractivity contribution < 1.29 is 5.11 Å². The molecule has 0 amide bonds. The number of benzene rings is 1. The van der Waals surface area contributed by atoms with E-state index in [4.69, 9.17) is 11.5 Å². The fourth-order valence-corrected chi connectivity index (χ4v) is 2.25. The van der Waals surface area contributed by atoms with Crippen LogP contribution in [0.25, 0.3) is 0 Å². The van der Waals surface area contributed by atoms with Crippen LogP contribution in [0.1, 0.15) is 11.6 Å². The van der Waals surface area contributed by atoms with Gasteiger partial charge in [0.1, 0.15) is 5.75 Å².